The molecule has 0 aliphatic carbocycles. The molecule has 5 nitrogen and oxygen atoms in total. The number of rotatable bonds is 4. The summed E-state index contributed by atoms with van der Waals surface area (Å²) in [7, 11) is 0. The van der Waals surface area contributed by atoms with Gasteiger partial charge >= 0.3 is 0 Å². The first-order valence-electron chi connectivity index (χ1n) is 7.02. The van der Waals surface area contributed by atoms with Crippen LogP contribution in [0.15, 0.2) is 0 Å². The molecule has 5 heteroatoms. The Morgan fingerprint density at radius 2 is 1.79 bits per heavy atom. The van der Waals surface area contributed by atoms with Crippen LogP contribution in [0.1, 0.15) is 46.5 Å². The van der Waals surface area contributed by atoms with Crippen LogP contribution in [0.2, 0.25) is 0 Å². The van der Waals surface area contributed by atoms with Crippen LogP contribution in [0.25, 0.3) is 0 Å². The first-order valence-corrected chi connectivity index (χ1v) is 7.02. The van der Waals surface area contributed by atoms with Gasteiger partial charge < -0.3 is 16.4 Å². The number of likely N-dealkylation sites (tertiary alicyclic amines) is 1. The number of nitrogens with zero attached hydrogens (tertiary/aromatic N) is 1. The average molecular weight is 269 g/mol. The largest absolute Gasteiger partial charge is 0.370 e. The van der Waals surface area contributed by atoms with E-state index >= 15 is 0 Å². The van der Waals surface area contributed by atoms with Crippen molar-refractivity contribution in [1.82, 2.24) is 4.90 Å². The fraction of sp³-hybridized carbons (Fsp3) is 0.857. The van der Waals surface area contributed by atoms with Crippen molar-refractivity contribution < 1.29 is 9.59 Å². The molecule has 1 saturated heterocycles. The summed E-state index contributed by atoms with van der Waals surface area (Å²) in [6.07, 6.45) is 2.55. The Balaban J connectivity index is 2.39. The molecule has 4 N–H and O–H groups in total. The predicted octanol–water partition coefficient (Wildman–Crippen LogP) is 0.864. The predicted molar refractivity (Wildman–Crippen MR) is 75.2 cm³/mol. The van der Waals surface area contributed by atoms with Crippen molar-refractivity contribution in [1.29, 1.82) is 0 Å². The lowest BCUT2D eigenvalue weighted by atomic mass is 9.85. The number of amides is 2. The molecule has 1 heterocycles. The van der Waals surface area contributed by atoms with E-state index in [9.17, 15) is 9.59 Å². The SMILES string of the molecule is CC(C)(C)C(N)CC(=O)N1CCC(CC(N)=O)CC1. The van der Waals surface area contributed by atoms with Gasteiger partial charge in [-0.15, -0.1) is 0 Å². The Hall–Kier alpha value is -1.10. The Bertz CT molecular complexity index is 328. The second-order valence-electron chi connectivity index (χ2n) is 6.67. The molecule has 1 atom stereocenters. The smallest absolute Gasteiger partial charge is 0.224 e. The van der Waals surface area contributed by atoms with Crippen molar-refractivity contribution in [3.63, 3.8) is 0 Å². The van der Waals surface area contributed by atoms with Crippen LogP contribution in [0.4, 0.5) is 0 Å². The van der Waals surface area contributed by atoms with Gasteiger partial charge in [0.25, 0.3) is 0 Å². The van der Waals surface area contributed by atoms with Crippen LogP contribution in [0.5, 0.6) is 0 Å². The number of primary amides is 1. The zero-order valence-electron chi connectivity index (χ0n) is 12.3. The molecule has 0 aromatic carbocycles. The minimum Gasteiger partial charge on any atom is -0.370 e. The maximum Gasteiger partial charge on any atom is 0.224 e. The third-order valence-electron chi connectivity index (χ3n) is 3.96. The normalized spacial score (nSPS) is 19.3. The minimum absolute atomic E-state index is 0.0556. The molecule has 1 rings (SSSR count). The summed E-state index contributed by atoms with van der Waals surface area (Å²) >= 11 is 0. The second kappa shape index (κ2) is 6.37. The summed E-state index contributed by atoms with van der Waals surface area (Å²) in [4.78, 5) is 24.9. The topological polar surface area (TPSA) is 89.4 Å². The third kappa shape index (κ3) is 5.19. The number of carbonyl (C=O) groups is 2. The molecule has 0 radical (unpaired) electrons. The van der Waals surface area contributed by atoms with Gasteiger partial charge in [-0.3, -0.25) is 9.59 Å². The van der Waals surface area contributed by atoms with Crippen LogP contribution in [-0.2, 0) is 9.59 Å². The highest BCUT2D eigenvalue weighted by Gasteiger charge is 2.28. The Kier molecular flexibility index (Phi) is 5.35. The highest BCUT2D eigenvalue weighted by molar-refractivity contribution is 5.77. The highest BCUT2D eigenvalue weighted by Crippen LogP contribution is 2.23. The molecule has 1 aliphatic heterocycles. The van der Waals surface area contributed by atoms with Crippen LogP contribution >= 0.6 is 0 Å². The number of hydrogen-bond donors (Lipinski definition) is 2. The van der Waals surface area contributed by atoms with Gasteiger partial charge in [0.15, 0.2) is 0 Å². The zero-order valence-corrected chi connectivity index (χ0v) is 12.3. The van der Waals surface area contributed by atoms with Gasteiger partial charge in [0.1, 0.15) is 0 Å². The molecule has 0 aromatic rings. The number of nitrogens with two attached hydrogens (primary N) is 2. The van der Waals surface area contributed by atoms with E-state index in [2.05, 4.69) is 0 Å². The monoisotopic (exact) mass is 269 g/mol. The molecular formula is C14H27N3O2. The number of hydrogen-bond acceptors (Lipinski definition) is 3. The highest BCUT2D eigenvalue weighted by atomic mass is 16.2. The molecule has 1 aliphatic rings. The molecule has 0 saturated carbocycles. The van der Waals surface area contributed by atoms with E-state index in [1.165, 1.54) is 0 Å². The standard InChI is InChI=1S/C14H27N3O2/c1-14(2,3)11(15)9-13(19)17-6-4-10(5-7-17)8-12(16)18/h10-11H,4-9,15H2,1-3H3,(H2,16,18). The quantitative estimate of drug-likeness (QED) is 0.793. The molecule has 110 valence electrons. The maximum atomic E-state index is 12.1. The van der Waals surface area contributed by atoms with E-state index in [1.54, 1.807) is 0 Å². The minimum atomic E-state index is -0.250. The Morgan fingerprint density at radius 1 is 1.26 bits per heavy atom. The van der Waals surface area contributed by atoms with Crippen molar-refractivity contribution in [2.24, 2.45) is 22.8 Å². The van der Waals surface area contributed by atoms with Crippen LogP contribution in [0, 0.1) is 11.3 Å². The van der Waals surface area contributed by atoms with Crippen molar-refractivity contribution in [2.45, 2.75) is 52.5 Å². The van der Waals surface area contributed by atoms with Gasteiger partial charge in [-0.05, 0) is 24.2 Å². The van der Waals surface area contributed by atoms with Crippen molar-refractivity contribution in [2.75, 3.05) is 13.1 Å². The zero-order chi connectivity index (χ0) is 14.6. The lowest BCUT2D eigenvalue weighted by molar-refractivity contribution is -0.133. The Labute approximate surface area is 115 Å². The summed E-state index contributed by atoms with van der Waals surface area (Å²) in [5.74, 6) is 0.206. The van der Waals surface area contributed by atoms with E-state index in [0.717, 1.165) is 12.8 Å². The fourth-order valence-corrected chi connectivity index (χ4v) is 2.29. The summed E-state index contributed by atoms with van der Waals surface area (Å²) in [5.41, 5.74) is 11.2. The summed E-state index contributed by atoms with van der Waals surface area (Å²) in [6.45, 7) is 7.57. The van der Waals surface area contributed by atoms with Gasteiger partial charge in [-0.1, -0.05) is 20.8 Å². The van der Waals surface area contributed by atoms with Gasteiger partial charge in [-0.25, -0.2) is 0 Å². The van der Waals surface area contributed by atoms with E-state index in [0.29, 0.717) is 31.8 Å². The molecular weight excluding hydrogens is 242 g/mol. The fourth-order valence-electron chi connectivity index (χ4n) is 2.29. The summed E-state index contributed by atoms with van der Waals surface area (Å²) < 4.78 is 0. The van der Waals surface area contributed by atoms with E-state index in [4.69, 9.17) is 11.5 Å². The molecule has 1 unspecified atom stereocenters. The van der Waals surface area contributed by atoms with Crippen LogP contribution in [0.3, 0.4) is 0 Å². The van der Waals surface area contributed by atoms with E-state index in [-0.39, 0.29) is 23.3 Å². The Morgan fingerprint density at radius 3 is 2.21 bits per heavy atom. The molecule has 0 aromatic heterocycles. The molecule has 19 heavy (non-hydrogen) atoms. The molecule has 1 fully saturated rings. The maximum absolute atomic E-state index is 12.1. The van der Waals surface area contributed by atoms with E-state index in [1.807, 2.05) is 25.7 Å². The lowest BCUT2D eigenvalue weighted by Gasteiger charge is -2.34. The molecule has 0 bridgehead atoms. The lowest BCUT2D eigenvalue weighted by Crippen LogP contribution is -2.44. The first kappa shape index (κ1) is 16.0. The number of piperidine rings is 1. The number of carbonyl (C=O) groups excluding carboxylic acids is 2. The van der Waals surface area contributed by atoms with Crippen molar-refractivity contribution in [3.05, 3.63) is 0 Å². The van der Waals surface area contributed by atoms with Gasteiger partial charge in [0.05, 0.1) is 0 Å². The first-order chi connectivity index (χ1) is 8.70. The summed E-state index contributed by atoms with van der Waals surface area (Å²) in [5, 5.41) is 0. The van der Waals surface area contributed by atoms with Gasteiger partial charge in [0, 0.05) is 32.0 Å². The van der Waals surface area contributed by atoms with Crippen molar-refractivity contribution in [3.8, 4) is 0 Å². The van der Waals surface area contributed by atoms with Crippen molar-refractivity contribution >= 4 is 11.8 Å². The van der Waals surface area contributed by atoms with Crippen LogP contribution < -0.4 is 11.5 Å². The van der Waals surface area contributed by atoms with Gasteiger partial charge in [0.2, 0.25) is 11.8 Å². The van der Waals surface area contributed by atoms with E-state index < -0.39 is 0 Å². The summed E-state index contributed by atoms with van der Waals surface area (Å²) in [6, 6.07) is -0.122. The van der Waals surface area contributed by atoms with Gasteiger partial charge in [-0.2, -0.15) is 0 Å². The third-order valence-corrected chi connectivity index (χ3v) is 3.96. The second-order valence-corrected chi connectivity index (χ2v) is 6.67. The van der Waals surface area contributed by atoms with Crippen LogP contribution in [-0.4, -0.2) is 35.8 Å². The molecule has 0 spiro atoms. The average Bonchev–Trinajstić information content (AvgIpc) is 2.27. The molecule has 2 amide bonds.